The molecule has 178 valence electrons. The van der Waals surface area contributed by atoms with Gasteiger partial charge in [0.1, 0.15) is 18.1 Å². The van der Waals surface area contributed by atoms with E-state index in [1.165, 1.54) is 4.90 Å². The molecule has 3 aromatic rings. The van der Waals surface area contributed by atoms with E-state index in [-0.39, 0.29) is 30.4 Å². The van der Waals surface area contributed by atoms with Crippen LogP contribution in [-0.4, -0.2) is 47.6 Å². The molecule has 0 bridgehead atoms. The minimum absolute atomic E-state index is 0.200. The number of benzene rings is 2. The standard InChI is InChI=1S/C28H26N2O5/c1-17(2)12-18(30-26(31)20-6-3-4-7-21(20)27(30)32)14-34-19-9-10-22-24(13-19)35-28(15-33-16-28)23-8-5-11-29-25(22)23/h3-11,13,17-18H,12,14-16H2,1-2H3/t18-/m0/s1. The molecular weight excluding hydrogens is 444 g/mol. The molecule has 0 aliphatic carbocycles. The van der Waals surface area contributed by atoms with Gasteiger partial charge in [0.2, 0.25) is 0 Å². The van der Waals surface area contributed by atoms with Gasteiger partial charge in [-0.1, -0.05) is 32.0 Å². The molecule has 35 heavy (non-hydrogen) atoms. The number of hydrogen-bond acceptors (Lipinski definition) is 6. The van der Waals surface area contributed by atoms with Crippen molar-refractivity contribution in [2.45, 2.75) is 31.9 Å². The Morgan fingerprint density at radius 1 is 1.00 bits per heavy atom. The summed E-state index contributed by atoms with van der Waals surface area (Å²) in [6, 6.07) is 16.2. The van der Waals surface area contributed by atoms with Crippen LogP contribution in [0.15, 0.2) is 60.8 Å². The van der Waals surface area contributed by atoms with Crippen molar-refractivity contribution in [3.63, 3.8) is 0 Å². The van der Waals surface area contributed by atoms with Crippen molar-refractivity contribution in [3.8, 4) is 22.8 Å². The molecule has 0 radical (unpaired) electrons. The molecule has 0 N–H and O–H groups in total. The summed E-state index contributed by atoms with van der Waals surface area (Å²) in [5, 5.41) is 0. The highest BCUT2D eigenvalue weighted by atomic mass is 16.6. The van der Waals surface area contributed by atoms with Crippen LogP contribution < -0.4 is 9.47 Å². The SMILES string of the molecule is CC(C)C[C@@H](COc1ccc2c(c1)OC1(COC1)c1cccnc1-2)N1C(=O)c2ccccc2C1=O. The van der Waals surface area contributed by atoms with Gasteiger partial charge in [0, 0.05) is 23.4 Å². The van der Waals surface area contributed by atoms with Crippen LogP contribution in [0.2, 0.25) is 0 Å². The number of carbonyl (C=O) groups excluding carboxylic acids is 2. The lowest BCUT2D eigenvalue weighted by Crippen LogP contribution is -2.53. The zero-order valence-corrected chi connectivity index (χ0v) is 19.7. The Morgan fingerprint density at radius 3 is 2.40 bits per heavy atom. The quantitative estimate of drug-likeness (QED) is 0.495. The van der Waals surface area contributed by atoms with Gasteiger partial charge in [-0.15, -0.1) is 0 Å². The summed E-state index contributed by atoms with van der Waals surface area (Å²) < 4.78 is 18.1. The van der Waals surface area contributed by atoms with Gasteiger partial charge in [0.05, 0.1) is 36.1 Å². The average molecular weight is 471 g/mol. The van der Waals surface area contributed by atoms with Crippen LogP contribution in [-0.2, 0) is 10.3 Å². The molecule has 3 aliphatic rings. The number of carbonyl (C=O) groups is 2. The fraction of sp³-hybridized carbons (Fsp3) is 0.321. The first-order chi connectivity index (χ1) is 17.0. The number of aromatic nitrogens is 1. The topological polar surface area (TPSA) is 78.0 Å². The molecule has 2 aromatic carbocycles. The Hall–Kier alpha value is -3.71. The van der Waals surface area contributed by atoms with E-state index in [1.807, 2.05) is 30.3 Å². The second-order valence-electron chi connectivity index (χ2n) is 9.77. The van der Waals surface area contributed by atoms with Crippen LogP contribution in [0.5, 0.6) is 11.5 Å². The van der Waals surface area contributed by atoms with E-state index < -0.39 is 5.60 Å². The molecule has 2 amide bonds. The third-order valence-corrected chi connectivity index (χ3v) is 6.86. The summed E-state index contributed by atoms with van der Waals surface area (Å²) in [5.74, 6) is 1.06. The minimum Gasteiger partial charge on any atom is -0.491 e. The number of nitrogens with zero attached hydrogens (tertiary/aromatic N) is 2. The first-order valence-corrected chi connectivity index (χ1v) is 11.9. The zero-order chi connectivity index (χ0) is 24.2. The highest BCUT2D eigenvalue weighted by Gasteiger charge is 2.48. The molecule has 6 rings (SSSR count). The Kier molecular flexibility index (Phi) is 5.11. The fourth-order valence-electron chi connectivity index (χ4n) is 5.15. The summed E-state index contributed by atoms with van der Waals surface area (Å²) in [6.07, 6.45) is 2.43. The molecule has 1 spiro atoms. The van der Waals surface area contributed by atoms with Crippen LogP contribution in [0.25, 0.3) is 11.3 Å². The van der Waals surface area contributed by atoms with Gasteiger partial charge in [-0.25, -0.2) is 0 Å². The predicted molar refractivity (Wildman–Crippen MR) is 128 cm³/mol. The number of imide groups is 1. The van der Waals surface area contributed by atoms with Crippen LogP contribution in [0.1, 0.15) is 46.5 Å². The molecule has 3 aliphatic heterocycles. The summed E-state index contributed by atoms with van der Waals surface area (Å²) in [4.78, 5) is 32.1. The van der Waals surface area contributed by atoms with Crippen LogP contribution in [0.4, 0.5) is 0 Å². The Morgan fingerprint density at radius 2 is 1.74 bits per heavy atom. The zero-order valence-electron chi connectivity index (χ0n) is 19.7. The van der Waals surface area contributed by atoms with Crippen LogP contribution in [0, 0.1) is 5.92 Å². The molecule has 1 fully saturated rings. The number of pyridine rings is 1. The van der Waals surface area contributed by atoms with E-state index in [0.717, 1.165) is 16.8 Å². The molecular formula is C28H26N2O5. The number of amides is 2. The molecule has 1 atom stereocenters. The molecule has 0 unspecified atom stereocenters. The third kappa shape index (κ3) is 3.49. The smallest absolute Gasteiger partial charge is 0.261 e. The van der Waals surface area contributed by atoms with E-state index in [4.69, 9.17) is 14.2 Å². The Balaban J connectivity index is 1.26. The van der Waals surface area contributed by atoms with Crippen molar-refractivity contribution < 1.29 is 23.8 Å². The first-order valence-electron chi connectivity index (χ1n) is 11.9. The van der Waals surface area contributed by atoms with Gasteiger partial charge >= 0.3 is 0 Å². The predicted octanol–water partition coefficient (Wildman–Crippen LogP) is 4.46. The molecule has 4 heterocycles. The number of ether oxygens (including phenoxy) is 3. The van der Waals surface area contributed by atoms with Gasteiger partial charge in [0.15, 0.2) is 5.60 Å². The lowest BCUT2D eigenvalue weighted by Gasteiger charge is -2.45. The second kappa shape index (κ2) is 8.20. The van der Waals surface area contributed by atoms with Crippen molar-refractivity contribution in [1.29, 1.82) is 0 Å². The first kappa shape index (κ1) is 21.8. The number of hydrogen-bond donors (Lipinski definition) is 0. The lowest BCUT2D eigenvalue weighted by atomic mass is 9.85. The molecule has 7 nitrogen and oxygen atoms in total. The molecule has 0 saturated carbocycles. The normalized spacial score (nSPS) is 18.0. The second-order valence-corrected chi connectivity index (χ2v) is 9.77. The highest BCUT2D eigenvalue weighted by Crippen LogP contribution is 2.48. The van der Waals surface area contributed by atoms with E-state index >= 15 is 0 Å². The summed E-state index contributed by atoms with van der Waals surface area (Å²) in [6.45, 7) is 5.30. The fourth-order valence-corrected chi connectivity index (χ4v) is 5.15. The van der Waals surface area contributed by atoms with Crippen molar-refractivity contribution in [1.82, 2.24) is 9.88 Å². The maximum Gasteiger partial charge on any atom is 0.261 e. The highest BCUT2D eigenvalue weighted by molar-refractivity contribution is 6.21. The van der Waals surface area contributed by atoms with Crippen molar-refractivity contribution >= 4 is 11.8 Å². The van der Waals surface area contributed by atoms with Gasteiger partial charge in [-0.05, 0) is 42.7 Å². The lowest BCUT2D eigenvalue weighted by molar-refractivity contribution is -0.169. The number of fused-ring (bicyclic) bond motifs is 5. The van der Waals surface area contributed by atoms with E-state index in [9.17, 15) is 9.59 Å². The summed E-state index contributed by atoms with van der Waals surface area (Å²) >= 11 is 0. The monoisotopic (exact) mass is 470 g/mol. The Bertz CT molecular complexity index is 1300. The van der Waals surface area contributed by atoms with Crippen molar-refractivity contribution in [3.05, 3.63) is 77.5 Å². The Labute approximate surface area is 203 Å². The largest absolute Gasteiger partial charge is 0.491 e. The van der Waals surface area contributed by atoms with E-state index in [1.54, 1.807) is 30.5 Å². The average Bonchev–Trinajstić information content (AvgIpc) is 3.10. The maximum absolute atomic E-state index is 13.1. The minimum atomic E-state index is -0.518. The summed E-state index contributed by atoms with van der Waals surface area (Å²) in [7, 11) is 0. The van der Waals surface area contributed by atoms with Gasteiger partial charge in [0.25, 0.3) is 11.8 Å². The van der Waals surface area contributed by atoms with Gasteiger partial charge < -0.3 is 14.2 Å². The van der Waals surface area contributed by atoms with Crippen LogP contribution in [0.3, 0.4) is 0 Å². The third-order valence-electron chi connectivity index (χ3n) is 6.86. The number of rotatable bonds is 6. The molecule has 1 saturated heterocycles. The van der Waals surface area contributed by atoms with E-state index in [0.29, 0.717) is 42.3 Å². The summed E-state index contributed by atoms with van der Waals surface area (Å²) in [5.41, 5.74) is 3.22. The maximum atomic E-state index is 13.1. The van der Waals surface area contributed by atoms with Gasteiger partial charge in [-0.2, -0.15) is 0 Å². The van der Waals surface area contributed by atoms with Crippen LogP contribution >= 0.6 is 0 Å². The van der Waals surface area contributed by atoms with Gasteiger partial charge in [-0.3, -0.25) is 19.5 Å². The molecule has 7 heteroatoms. The van der Waals surface area contributed by atoms with Crippen molar-refractivity contribution in [2.24, 2.45) is 5.92 Å². The molecule has 1 aromatic heterocycles. The van der Waals surface area contributed by atoms with E-state index in [2.05, 4.69) is 18.8 Å². The van der Waals surface area contributed by atoms with Crippen molar-refractivity contribution in [2.75, 3.05) is 19.8 Å².